The highest BCUT2D eigenvalue weighted by atomic mass is 79.9. The maximum atomic E-state index is 12.0. The Hall–Kier alpha value is -2.05. The molecule has 2 aromatic rings. The van der Waals surface area contributed by atoms with Gasteiger partial charge < -0.3 is 4.74 Å². The van der Waals surface area contributed by atoms with E-state index >= 15 is 0 Å². The minimum Gasteiger partial charge on any atom is -0.497 e. The van der Waals surface area contributed by atoms with E-state index in [-0.39, 0.29) is 5.78 Å². The summed E-state index contributed by atoms with van der Waals surface area (Å²) in [7, 11) is 1.61. The number of methoxy groups -OCH3 is 1. The number of halogens is 1. The van der Waals surface area contributed by atoms with Crippen LogP contribution in [0.4, 0.5) is 0 Å². The maximum absolute atomic E-state index is 12.0. The molecule has 106 valence electrons. The first-order chi connectivity index (χ1) is 10.2. The average molecular weight is 343 g/mol. The zero-order valence-electron chi connectivity index (χ0n) is 11.7. The summed E-state index contributed by atoms with van der Waals surface area (Å²) >= 11 is 3.38. The van der Waals surface area contributed by atoms with Gasteiger partial charge >= 0.3 is 0 Å². The monoisotopic (exact) mass is 342 g/mol. The number of Topliss-reactive ketones (excluding diaryl/α,β-unsaturated/α-hetero) is 1. The van der Waals surface area contributed by atoms with Crippen LogP contribution in [0.2, 0.25) is 0 Å². The van der Waals surface area contributed by atoms with Gasteiger partial charge in [0.05, 0.1) is 7.11 Å². The van der Waals surface area contributed by atoms with Crippen LogP contribution in [0.1, 0.15) is 28.8 Å². The van der Waals surface area contributed by atoms with Crippen LogP contribution < -0.4 is 4.74 Å². The van der Waals surface area contributed by atoms with Crippen molar-refractivity contribution in [3.05, 3.63) is 64.1 Å². The molecule has 21 heavy (non-hydrogen) atoms. The molecule has 0 aromatic heterocycles. The zero-order chi connectivity index (χ0) is 15.1. The lowest BCUT2D eigenvalue weighted by molar-refractivity contribution is 0.0984. The molecule has 0 bridgehead atoms. The molecule has 0 spiro atoms. The number of ether oxygens (including phenoxy) is 1. The number of carbonyl (C=O) groups is 1. The molecular formula is C18H15BrO2. The van der Waals surface area contributed by atoms with Crippen molar-refractivity contribution in [3.63, 3.8) is 0 Å². The van der Waals surface area contributed by atoms with Gasteiger partial charge in [0.1, 0.15) is 5.75 Å². The van der Waals surface area contributed by atoms with Crippen molar-refractivity contribution in [2.75, 3.05) is 7.11 Å². The number of benzene rings is 2. The molecule has 0 unspecified atom stereocenters. The van der Waals surface area contributed by atoms with Gasteiger partial charge in [-0.3, -0.25) is 4.79 Å². The van der Waals surface area contributed by atoms with E-state index in [0.29, 0.717) is 18.4 Å². The lowest BCUT2D eigenvalue weighted by Crippen LogP contribution is -1.98. The van der Waals surface area contributed by atoms with Crippen molar-refractivity contribution in [2.45, 2.75) is 12.8 Å². The van der Waals surface area contributed by atoms with Crippen molar-refractivity contribution in [2.24, 2.45) is 0 Å². The molecule has 0 fully saturated rings. The van der Waals surface area contributed by atoms with Gasteiger partial charge in [0, 0.05) is 28.4 Å². The lowest BCUT2D eigenvalue weighted by Gasteiger charge is -2.01. The fourth-order valence-corrected chi connectivity index (χ4v) is 2.06. The first-order valence-corrected chi connectivity index (χ1v) is 7.40. The molecule has 0 aliphatic carbocycles. The summed E-state index contributed by atoms with van der Waals surface area (Å²) < 4.78 is 6.10. The summed E-state index contributed by atoms with van der Waals surface area (Å²) in [4.78, 5) is 12.0. The van der Waals surface area contributed by atoms with Crippen LogP contribution in [0.25, 0.3) is 0 Å². The van der Waals surface area contributed by atoms with Crippen molar-refractivity contribution in [1.29, 1.82) is 0 Å². The van der Waals surface area contributed by atoms with Crippen molar-refractivity contribution in [1.82, 2.24) is 0 Å². The molecule has 0 heterocycles. The summed E-state index contributed by atoms with van der Waals surface area (Å²) in [6, 6.07) is 14.9. The predicted octanol–water partition coefficient (Wildman–Crippen LogP) is 4.47. The molecule has 0 atom stereocenters. The van der Waals surface area contributed by atoms with Crippen LogP contribution >= 0.6 is 15.9 Å². The molecule has 0 amide bonds. The molecule has 2 aromatic carbocycles. The molecule has 0 saturated carbocycles. The fraction of sp³-hybridized carbons (Fsp3) is 0.167. The SMILES string of the molecule is COc1ccc(C(=O)CCC#Cc2ccc(Br)cc2)cc1. The van der Waals surface area contributed by atoms with E-state index in [1.807, 2.05) is 24.3 Å². The van der Waals surface area contributed by atoms with E-state index in [1.54, 1.807) is 31.4 Å². The Balaban J connectivity index is 1.88. The molecule has 0 aliphatic heterocycles. The minimum absolute atomic E-state index is 0.0998. The Bertz CT molecular complexity index is 661. The minimum atomic E-state index is 0.0998. The van der Waals surface area contributed by atoms with Crippen LogP contribution in [0, 0.1) is 11.8 Å². The third-order valence-electron chi connectivity index (χ3n) is 2.97. The third-order valence-corrected chi connectivity index (χ3v) is 3.49. The van der Waals surface area contributed by atoms with Crippen molar-refractivity contribution < 1.29 is 9.53 Å². The second-order valence-electron chi connectivity index (χ2n) is 4.46. The average Bonchev–Trinajstić information content (AvgIpc) is 2.53. The van der Waals surface area contributed by atoms with Crippen LogP contribution in [-0.2, 0) is 0 Å². The molecular weight excluding hydrogens is 328 g/mol. The highest BCUT2D eigenvalue weighted by Gasteiger charge is 2.04. The quantitative estimate of drug-likeness (QED) is 0.605. The van der Waals surface area contributed by atoms with E-state index in [1.165, 1.54) is 0 Å². The van der Waals surface area contributed by atoms with Gasteiger partial charge in [-0.25, -0.2) is 0 Å². The molecule has 2 nitrogen and oxygen atoms in total. The lowest BCUT2D eigenvalue weighted by atomic mass is 10.1. The standard InChI is InChI=1S/C18H15BrO2/c1-21-17-12-8-15(9-13-17)18(20)5-3-2-4-14-6-10-16(19)11-7-14/h6-13H,3,5H2,1H3. The van der Waals surface area contributed by atoms with Gasteiger partial charge in [-0.05, 0) is 48.5 Å². The summed E-state index contributed by atoms with van der Waals surface area (Å²) in [6.07, 6.45) is 0.983. The second-order valence-corrected chi connectivity index (χ2v) is 5.38. The number of carbonyl (C=O) groups excluding carboxylic acids is 1. The van der Waals surface area contributed by atoms with Gasteiger partial charge in [0.2, 0.25) is 0 Å². The van der Waals surface area contributed by atoms with Crippen molar-refractivity contribution in [3.8, 4) is 17.6 Å². The number of rotatable bonds is 4. The number of hydrogen-bond donors (Lipinski definition) is 0. The van der Waals surface area contributed by atoms with Gasteiger partial charge in [-0.2, -0.15) is 0 Å². The largest absolute Gasteiger partial charge is 0.497 e. The fourth-order valence-electron chi connectivity index (χ4n) is 1.80. The second kappa shape index (κ2) is 7.66. The molecule has 0 radical (unpaired) electrons. The van der Waals surface area contributed by atoms with Gasteiger partial charge in [-0.1, -0.05) is 27.8 Å². The summed E-state index contributed by atoms with van der Waals surface area (Å²) in [5, 5.41) is 0. The normalized spacial score (nSPS) is 9.62. The predicted molar refractivity (Wildman–Crippen MR) is 87.6 cm³/mol. The van der Waals surface area contributed by atoms with E-state index in [0.717, 1.165) is 15.8 Å². The third kappa shape index (κ3) is 4.77. The summed E-state index contributed by atoms with van der Waals surface area (Å²) in [5.41, 5.74) is 1.65. The Morgan fingerprint density at radius 1 is 1.10 bits per heavy atom. The van der Waals surface area contributed by atoms with E-state index in [4.69, 9.17) is 4.74 Å². The van der Waals surface area contributed by atoms with Gasteiger partial charge in [0.15, 0.2) is 5.78 Å². The summed E-state index contributed by atoms with van der Waals surface area (Å²) in [6.45, 7) is 0. The zero-order valence-corrected chi connectivity index (χ0v) is 13.3. The first kappa shape index (κ1) is 15.3. The molecule has 2 rings (SSSR count). The number of ketones is 1. The highest BCUT2D eigenvalue weighted by molar-refractivity contribution is 9.10. The smallest absolute Gasteiger partial charge is 0.163 e. The van der Waals surface area contributed by atoms with E-state index in [9.17, 15) is 4.79 Å². The van der Waals surface area contributed by atoms with Crippen LogP contribution in [0.3, 0.4) is 0 Å². The number of hydrogen-bond acceptors (Lipinski definition) is 2. The first-order valence-electron chi connectivity index (χ1n) is 6.61. The van der Waals surface area contributed by atoms with Crippen LogP contribution in [-0.4, -0.2) is 12.9 Å². The Morgan fingerprint density at radius 3 is 2.38 bits per heavy atom. The summed E-state index contributed by atoms with van der Waals surface area (Å²) in [5.74, 6) is 6.94. The highest BCUT2D eigenvalue weighted by Crippen LogP contribution is 2.13. The van der Waals surface area contributed by atoms with E-state index < -0.39 is 0 Å². The van der Waals surface area contributed by atoms with Gasteiger partial charge in [0.25, 0.3) is 0 Å². The van der Waals surface area contributed by atoms with Gasteiger partial charge in [-0.15, -0.1) is 0 Å². The van der Waals surface area contributed by atoms with Crippen LogP contribution in [0.15, 0.2) is 53.0 Å². The molecule has 0 aliphatic rings. The van der Waals surface area contributed by atoms with Crippen LogP contribution in [0.5, 0.6) is 5.75 Å². The van der Waals surface area contributed by atoms with E-state index in [2.05, 4.69) is 27.8 Å². The van der Waals surface area contributed by atoms with Crippen molar-refractivity contribution >= 4 is 21.7 Å². The Kier molecular flexibility index (Phi) is 5.59. The maximum Gasteiger partial charge on any atom is 0.163 e. The Labute approximate surface area is 133 Å². The molecule has 0 saturated heterocycles. The Morgan fingerprint density at radius 2 is 1.76 bits per heavy atom. The molecule has 3 heteroatoms. The topological polar surface area (TPSA) is 26.3 Å². The molecule has 0 N–H and O–H groups in total.